The summed E-state index contributed by atoms with van der Waals surface area (Å²) in [6.45, 7) is 4.93. The van der Waals surface area contributed by atoms with E-state index in [2.05, 4.69) is 4.90 Å². The van der Waals surface area contributed by atoms with E-state index < -0.39 is 5.92 Å². The Bertz CT molecular complexity index is 1220. The van der Waals surface area contributed by atoms with E-state index in [1.807, 2.05) is 83.8 Å². The van der Waals surface area contributed by atoms with Crippen LogP contribution in [0, 0.1) is 0 Å². The first-order valence-electron chi connectivity index (χ1n) is 12.0. The molecule has 4 aromatic rings. The number of amides is 1. The van der Waals surface area contributed by atoms with Crippen LogP contribution in [0.4, 0.5) is 5.13 Å². The number of benzene rings is 3. The van der Waals surface area contributed by atoms with E-state index in [1.54, 1.807) is 0 Å². The SMILES string of the molecule is O=C(C(c1ccccc1)c1ccccc1)N(CCCN1CCOCC1)c1nc2ccc(Cl)cc2s1. The molecule has 1 aliphatic heterocycles. The average molecular weight is 506 g/mol. The fourth-order valence-electron chi connectivity index (χ4n) is 4.50. The standard InChI is InChI=1S/C28H28ClN3O2S/c29-23-12-13-24-25(20-23)35-28(30-24)32(15-7-14-31-16-18-34-19-17-31)27(33)26(21-8-3-1-4-9-21)22-10-5-2-6-11-22/h1-6,8-13,20,26H,7,14-19H2. The van der Waals surface area contributed by atoms with Crippen molar-refractivity contribution in [2.75, 3.05) is 44.3 Å². The Morgan fingerprint density at radius 1 is 1.00 bits per heavy atom. The molecule has 0 saturated carbocycles. The number of hydrogen-bond donors (Lipinski definition) is 0. The third-order valence-corrected chi connectivity index (χ3v) is 7.58. The number of hydrogen-bond acceptors (Lipinski definition) is 5. The first kappa shape index (κ1) is 23.9. The van der Waals surface area contributed by atoms with Gasteiger partial charge in [0.05, 0.1) is 29.3 Å². The summed E-state index contributed by atoms with van der Waals surface area (Å²) in [5.41, 5.74) is 2.81. The number of ether oxygens (including phenoxy) is 1. The highest BCUT2D eigenvalue weighted by Crippen LogP contribution is 2.34. The van der Waals surface area contributed by atoms with E-state index in [4.69, 9.17) is 21.3 Å². The lowest BCUT2D eigenvalue weighted by Gasteiger charge is -2.29. The van der Waals surface area contributed by atoms with E-state index in [0.717, 1.165) is 60.6 Å². The summed E-state index contributed by atoms with van der Waals surface area (Å²) in [4.78, 5) is 23.4. The third-order valence-electron chi connectivity index (χ3n) is 6.31. The summed E-state index contributed by atoms with van der Waals surface area (Å²) in [6, 6.07) is 25.7. The molecule has 0 bridgehead atoms. The molecular weight excluding hydrogens is 478 g/mol. The molecule has 1 fully saturated rings. The minimum Gasteiger partial charge on any atom is -0.379 e. The van der Waals surface area contributed by atoms with Gasteiger partial charge in [-0.3, -0.25) is 14.6 Å². The molecule has 1 aromatic heterocycles. The normalized spacial score (nSPS) is 14.5. The van der Waals surface area contributed by atoms with Crippen LogP contribution in [0.2, 0.25) is 5.02 Å². The predicted molar refractivity (Wildman–Crippen MR) is 144 cm³/mol. The zero-order valence-electron chi connectivity index (χ0n) is 19.5. The number of fused-ring (bicyclic) bond motifs is 1. The number of nitrogens with zero attached hydrogens (tertiary/aromatic N) is 3. The van der Waals surface area contributed by atoms with Gasteiger partial charge in [-0.15, -0.1) is 0 Å². The van der Waals surface area contributed by atoms with E-state index in [0.29, 0.717) is 16.7 Å². The molecule has 0 N–H and O–H groups in total. The number of carbonyl (C=O) groups excluding carboxylic acids is 1. The molecule has 5 rings (SSSR count). The predicted octanol–water partition coefficient (Wildman–Crippen LogP) is 5.84. The molecule has 35 heavy (non-hydrogen) atoms. The Kier molecular flexibility index (Phi) is 7.74. The summed E-state index contributed by atoms with van der Waals surface area (Å²) in [5, 5.41) is 1.38. The molecule has 1 saturated heterocycles. The molecule has 1 aliphatic rings. The maximum absolute atomic E-state index is 14.3. The van der Waals surface area contributed by atoms with Gasteiger partial charge in [0.1, 0.15) is 0 Å². The van der Waals surface area contributed by atoms with Crippen LogP contribution in [0.25, 0.3) is 10.2 Å². The minimum atomic E-state index is -0.406. The summed E-state index contributed by atoms with van der Waals surface area (Å²) in [7, 11) is 0. The summed E-state index contributed by atoms with van der Waals surface area (Å²) < 4.78 is 6.46. The highest BCUT2D eigenvalue weighted by molar-refractivity contribution is 7.22. The highest BCUT2D eigenvalue weighted by Gasteiger charge is 2.30. The molecule has 2 heterocycles. The third kappa shape index (κ3) is 5.73. The van der Waals surface area contributed by atoms with Crippen molar-refractivity contribution in [2.24, 2.45) is 0 Å². The average Bonchev–Trinajstić information content (AvgIpc) is 3.31. The lowest BCUT2D eigenvalue weighted by molar-refractivity contribution is -0.119. The summed E-state index contributed by atoms with van der Waals surface area (Å²) in [6.07, 6.45) is 0.860. The lowest BCUT2D eigenvalue weighted by atomic mass is 9.90. The van der Waals surface area contributed by atoms with Gasteiger partial charge in [-0.05, 0) is 35.7 Å². The van der Waals surface area contributed by atoms with Crippen molar-refractivity contribution in [3.63, 3.8) is 0 Å². The Hall–Kier alpha value is -2.77. The molecule has 0 unspecified atom stereocenters. The quantitative estimate of drug-likeness (QED) is 0.302. The second-order valence-corrected chi connectivity index (χ2v) is 10.1. The number of thiazole rings is 1. The van der Waals surface area contributed by atoms with Crippen LogP contribution < -0.4 is 4.90 Å². The van der Waals surface area contributed by atoms with Crippen LogP contribution in [-0.2, 0) is 9.53 Å². The van der Waals surface area contributed by atoms with Gasteiger partial charge in [0.25, 0.3) is 0 Å². The molecule has 5 nitrogen and oxygen atoms in total. The van der Waals surface area contributed by atoms with Gasteiger partial charge in [-0.1, -0.05) is 83.6 Å². The molecule has 180 valence electrons. The van der Waals surface area contributed by atoms with Crippen LogP contribution in [0.15, 0.2) is 78.9 Å². The van der Waals surface area contributed by atoms with Crippen molar-refractivity contribution in [1.29, 1.82) is 0 Å². The maximum Gasteiger partial charge on any atom is 0.240 e. The van der Waals surface area contributed by atoms with Crippen molar-refractivity contribution in [3.8, 4) is 0 Å². The molecule has 0 aliphatic carbocycles. The van der Waals surface area contributed by atoms with Crippen molar-refractivity contribution in [1.82, 2.24) is 9.88 Å². The van der Waals surface area contributed by atoms with Gasteiger partial charge in [0.15, 0.2) is 5.13 Å². The number of aromatic nitrogens is 1. The van der Waals surface area contributed by atoms with Gasteiger partial charge in [0, 0.05) is 31.2 Å². The largest absolute Gasteiger partial charge is 0.379 e. The Labute approximate surface area is 214 Å². The van der Waals surface area contributed by atoms with Gasteiger partial charge >= 0.3 is 0 Å². The maximum atomic E-state index is 14.3. The number of morpholine rings is 1. The number of carbonyl (C=O) groups is 1. The minimum absolute atomic E-state index is 0.0366. The highest BCUT2D eigenvalue weighted by atomic mass is 35.5. The molecule has 1 amide bonds. The van der Waals surface area contributed by atoms with Gasteiger partial charge in [-0.2, -0.15) is 0 Å². The van der Waals surface area contributed by atoms with Crippen LogP contribution in [0.5, 0.6) is 0 Å². The van der Waals surface area contributed by atoms with Crippen molar-refractivity contribution < 1.29 is 9.53 Å². The van der Waals surface area contributed by atoms with Crippen molar-refractivity contribution in [3.05, 3.63) is 95.0 Å². The smallest absolute Gasteiger partial charge is 0.240 e. The van der Waals surface area contributed by atoms with E-state index in [1.165, 1.54) is 11.3 Å². The summed E-state index contributed by atoms with van der Waals surface area (Å²) >= 11 is 7.75. The molecule has 0 spiro atoms. The van der Waals surface area contributed by atoms with Crippen molar-refractivity contribution >= 4 is 44.2 Å². The van der Waals surface area contributed by atoms with E-state index in [9.17, 15) is 4.79 Å². The second kappa shape index (κ2) is 11.3. The molecule has 3 aromatic carbocycles. The van der Waals surface area contributed by atoms with Gasteiger partial charge in [0.2, 0.25) is 5.91 Å². The number of anilines is 1. The molecule has 7 heteroatoms. The number of halogens is 1. The second-order valence-electron chi connectivity index (χ2n) is 8.66. The van der Waals surface area contributed by atoms with E-state index in [-0.39, 0.29) is 5.91 Å². The number of rotatable bonds is 8. The van der Waals surface area contributed by atoms with Gasteiger partial charge in [-0.25, -0.2) is 4.98 Å². The van der Waals surface area contributed by atoms with Crippen LogP contribution >= 0.6 is 22.9 Å². The Balaban J connectivity index is 1.48. The summed E-state index contributed by atoms with van der Waals surface area (Å²) in [5.74, 6) is -0.370. The fourth-order valence-corrected chi connectivity index (χ4v) is 5.78. The Morgan fingerprint density at radius 3 is 2.31 bits per heavy atom. The van der Waals surface area contributed by atoms with Crippen LogP contribution in [0.1, 0.15) is 23.5 Å². The van der Waals surface area contributed by atoms with E-state index >= 15 is 0 Å². The zero-order chi connectivity index (χ0) is 24.0. The first-order valence-corrected chi connectivity index (χ1v) is 13.2. The van der Waals surface area contributed by atoms with Crippen LogP contribution in [0.3, 0.4) is 0 Å². The zero-order valence-corrected chi connectivity index (χ0v) is 21.0. The monoisotopic (exact) mass is 505 g/mol. The topological polar surface area (TPSA) is 45.7 Å². The lowest BCUT2D eigenvalue weighted by Crippen LogP contribution is -2.40. The Morgan fingerprint density at radius 2 is 1.66 bits per heavy atom. The van der Waals surface area contributed by atoms with Crippen molar-refractivity contribution in [2.45, 2.75) is 12.3 Å². The molecule has 0 radical (unpaired) electrons. The molecular formula is C28H28ClN3O2S. The van der Waals surface area contributed by atoms with Crippen LogP contribution in [-0.4, -0.2) is 55.2 Å². The molecule has 0 atom stereocenters. The fraction of sp³-hybridized carbons (Fsp3) is 0.286. The van der Waals surface area contributed by atoms with Gasteiger partial charge < -0.3 is 4.74 Å². The first-order chi connectivity index (χ1) is 17.2.